The molecule has 1 aliphatic carbocycles. The molecule has 2 fully saturated rings. The van der Waals surface area contributed by atoms with Crippen LogP contribution in [0.2, 0.25) is 0 Å². The van der Waals surface area contributed by atoms with Crippen LogP contribution in [-0.2, 0) is 7.05 Å². The Labute approximate surface area is 168 Å². The van der Waals surface area contributed by atoms with Gasteiger partial charge in [0.05, 0.1) is 11.9 Å². The smallest absolute Gasteiger partial charge is 0.233 e. The molecular weight excluding hydrogens is 350 g/mol. The Bertz CT molecular complexity index is 774. The first kappa shape index (κ1) is 19.4. The lowest BCUT2D eigenvalue weighted by atomic mass is 9.92. The van der Waals surface area contributed by atoms with Gasteiger partial charge in [0.25, 0.3) is 0 Å². The first-order valence-electron chi connectivity index (χ1n) is 10.5. The van der Waals surface area contributed by atoms with Crippen molar-refractivity contribution in [3.05, 3.63) is 23.9 Å². The summed E-state index contributed by atoms with van der Waals surface area (Å²) in [7, 11) is 1.93. The summed E-state index contributed by atoms with van der Waals surface area (Å²) in [5.41, 5.74) is 3.36. The average molecular weight is 384 g/mol. The summed E-state index contributed by atoms with van der Waals surface area (Å²) in [4.78, 5) is 2.65. The molecule has 0 bridgehead atoms. The van der Waals surface area contributed by atoms with E-state index in [0.29, 0.717) is 11.3 Å². The molecule has 0 radical (unpaired) electrons. The maximum absolute atomic E-state index is 6.18. The van der Waals surface area contributed by atoms with Gasteiger partial charge in [-0.15, -0.1) is 10.2 Å². The Balaban J connectivity index is 1.30. The molecule has 2 aromatic heterocycles. The van der Waals surface area contributed by atoms with Gasteiger partial charge in [-0.2, -0.15) is 5.10 Å². The lowest BCUT2D eigenvalue weighted by molar-refractivity contribution is 0.173. The van der Waals surface area contributed by atoms with E-state index in [4.69, 9.17) is 4.74 Å². The van der Waals surface area contributed by atoms with E-state index in [0.717, 1.165) is 41.6 Å². The van der Waals surface area contributed by atoms with Crippen LogP contribution in [0.15, 0.2) is 18.3 Å². The van der Waals surface area contributed by atoms with Crippen LogP contribution < -0.4 is 4.74 Å². The minimum atomic E-state index is 0.276. The quantitative estimate of drug-likeness (QED) is 0.788. The second kappa shape index (κ2) is 7.47. The molecule has 28 heavy (non-hydrogen) atoms. The average Bonchev–Trinajstić information content (AvgIpc) is 3.27. The van der Waals surface area contributed by atoms with Crippen molar-refractivity contribution >= 4 is 0 Å². The summed E-state index contributed by atoms with van der Waals surface area (Å²) >= 11 is 0. The minimum Gasteiger partial charge on any atom is -0.473 e. The molecule has 2 aliphatic rings. The van der Waals surface area contributed by atoms with Gasteiger partial charge in [0.1, 0.15) is 11.8 Å². The molecule has 2 aromatic rings. The number of likely N-dealkylation sites (tertiary alicyclic amines) is 1. The van der Waals surface area contributed by atoms with Gasteiger partial charge in [-0.3, -0.25) is 4.68 Å². The van der Waals surface area contributed by atoms with Crippen molar-refractivity contribution in [1.29, 1.82) is 0 Å². The zero-order valence-corrected chi connectivity index (χ0v) is 17.9. The van der Waals surface area contributed by atoms with E-state index in [-0.39, 0.29) is 6.10 Å². The number of rotatable bonds is 5. The van der Waals surface area contributed by atoms with Crippen LogP contribution in [0.1, 0.15) is 45.6 Å². The number of fused-ring (bicyclic) bond motifs is 1. The number of hydrogen-bond donors (Lipinski definition) is 0. The predicted octanol–water partition coefficient (Wildman–Crippen LogP) is 3.71. The maximum Gasteiger partial charge on any atom is 0.233 e. The molecular formula is C22H33N5O. The fourth-order valence-electron chi connectivity index (χ4n) is 4.71. The molecule has 6 heteroatoms. The van der Waals surface area contributed by atoms with Gasteiger partial charge in [-0.1, -0.05) is 20.8 Å². The summed E-state index contributed by atoms with van der Waals surface area (Å²) in [6.07, 6.45) is 5.67. The summed E-state index contributed by atoms with van der Waals surface area (Å²) in [5, 5.41) is 13.0. The Kier molecular flexibility index (Phi) is 5.17. The van der Waals surface area contributed by atoms with Crippen LogP contribution in [-0.4, -0.2) is 50.6 Å². The lowest BCUT2D eigenvalue weighted by Gasteiger charge is -2.24. The van der Waals surface area contributed by atoms with Crippen LogP contribution in [0.25, 0.3) is 11.4 Å². The Morgan fingerprint density at radius 3 is 2.36 bits per heavy atom. The van der Waals surface area contributed by atoms with Gasteiger partial charge < -0.3 is 9.64 Å². The van der Waals surface area contributed by atoms with Crippen molar-refractivity contribution in [2.45, 2.75) is 53.1 Å². The Hall–Kier alpha value is -1.95. The van der Waals surface area contributed by atoms with Gasteiger partial charge in [-0.25, -0.2) is 0 Å². The standard InChI is InChI=1S/C22H33N5O/c1-15-12-23-26(5)21(15)19-6-7-20(25-24-19)28-18-10-16-13-27(14-17(16)11-18)9-8-22(2,3)4/h6-7,12,16-18H,8-11,13-14H2,1-5H3/t16-,17+,18?. The van der Waals surface area contributed by atoms with E-state index in [1.165, 1.54) is 26.1 Å². The van der Waals surface area contributed by atoms with Crippen molar-refractivity contribution in [1.82, 2.24) is 24.9 Å². The number of aromatic nitrogens is 4. The van der Waals surface area contributed by atoms with Crippen LogP contribution in [0.5, 0.6) is 5.88 Å². The molecule has 1 unspecified atom stereocenters. The molecule has 0 amide bonds. The van der Waals surface area contributed by atoms with E-state index in [1.807, 2.05) is 37.0 Å². The summed E-state index contributed by atoms with van der Waals surface area (Å²) in [6.45, 7) is 12.7. The van der Waals surface area contributed by atoms with Gasteiger partial charge in [0, 0.05) is 26.2 Å². The third-order valence-corrected chi connectivity index (χ3v) is 6.25. The van der Waals surface area contributed by atoms with Gasteiger partial charge in [0.15, 0.2) is 0 Å². The molecule has 6 nitrogen and oxygen atoms in total. The van der Waals surface area contributed by atoms with E-state index in [9.17, 15) is 0 Å². The van der Waals surface area contributed by atoms with Crippen LogP contribution in [0.4, 0.5) is 0 Å². The zero-order valence-electron chi connectivity index (χ0n) is 17.9. The van der Waals surface area contributed by atoms with E-state index in [2.05, 4.69) is 41.0 Å². The Morgan fingerprint density at radius 2 is 1.82 bits per heavy atom. The second-order valence-corrected chi connectivity index (χ2v) is 9.86. The van der Waals surface area contributed by atoms with Gasteiger partial charge >= 0.3 is 0 Å². The third-order valence-electron chi connectivity index (χ3n) is 6.25. The van der Waals surface area contributed by atoms with Crippen LogP contribution in [0, 0.1) is 24.2 Å². The van der Waals surface area contributed by atoms with E-state index >= 15 is 0 Å². The van der Waals surface area contributed by atoms with Crippen LogP contribution >= 0.6 is 0 Å². The van der Waals surface area contributed by atoms with Crippen molar-refractivity contribution in [3.63, 3.8) is 0 Å². The fraction of sp³-hybridized carbons (Fsp3) is 0.682. The van der Waals surface area contributed by atoms with E-state index < -0.39 is 0 Å². The molecule has 1 saturated heterocycles. The van der Waals surface area contributed by atoms with Crippen molar-refractivity contribution in [3.8, 4) is 17.3 Å². The van der Waals surface area contributed by atoms with Gasteiger partial charge in [0.2, 0.25) is 5.88 Å². The number of ether oxygens (including phenoxy) is 1. The largest absolute Gasteiger partial charge is 0.473 e. The molecule has 3 heterocycles. The van der Waals surface area contributed by atoms with Gasteiger partial charge in [-0.05, 0) is 61.6 Å². The topological polar surface area (TPSA) is 56.1 Å². The number of hydrogen-bond acceptors (Lipinski definition) is 5. The highest BCUT2D eigenvalue weighted by atomic mass is 16.5. The summed E-state index contributed by atoms with van der Waals surface area (Å²) in [5.74, 6) is 2.18. The van der Waals surface area contributed by atoms with Crippen molar-refractivity contribution < 1.29 is 4.74 Å². The fourth-order valence-corrected chi connectivity index (χ4v) is 4.71. The van der Waals surface area contributed by atoms with E-state index in [1.54, 1.807) is 0 Å². The molecule has 1 aliphatic heterocycles. The normalized spacial score (nSPS) is 25.2. The third kappa shape index (κ3) is 4.22. The molecule has 0 spiro atoms. The number of nitrogens with zero attached hydrogens (tertiary/aromatic N) is 5. The Morgan fingerprint density at radius 1 is 1.11 bits per heavy atom. The first-order valence-corrected chi connectivity index (χ1v) is 10.5. The highest BCUT2D eigenvalue weighted by Crippen LogP contribution is 2.40. The molecule has 0 N–H and O–H groups in total. The molecule has 0 aromatic carbocycles. The maximum atomic E-state index is 6.18. The number of aryl methyl sites for hydroxylation is 2. The van der Waals surface area contributed by atoms with Crippen LogP contribution in [0.3, 0.4) is 0 Å². The first-order chi connectivity index (χ1) is 13.3. The van der Waals surface area contributed by atoms with Crippen molar-refractivity contribution in [2.24, 2.45) is 24.3 Å². The monoisotopic (exact) mass is 383 g/mol. The highest BCUT2D eigenvalue weighted by molar-refractivity contribution is 5.58. The zero-order chi connectivity index (χ0) is 19.9. The molecule has 1 saturated carbocycles. The van der Waals surface area contributed by atoms with Crippen molar-refractivity contribution in [2.75, 3.05) is 19.6 Å². The summed E-state index contributed by atoms with van der Waals surface area (Å²) < 4.78 is 8.02. The summed E-state index contributed by atoms with van der Waals surface area (Å²) in [6, 6.07) is 3.93. The highest BCUT2D eigenvalue weighted by Gasteiger charge is 2.41. The lowest BCUT2D eigenvalue weighted by Crippen LogP contribution is -2.28. The molecule has 4 rings (SSSR count). The predicted molar refractivity (Wildman–Crippen MR) is 110 cm³/mol. The molecule has 3 atom stereocenters. The minimum absolute atomic E-state index is 0.276. The molecule has 152 valence electrons. The second-order valence-electron chi connectivity index (χ2n) is 9.86. The SMILES string of the molecule is Cc1cnn(C)c1-c1ccc(OC2C[C@@H]3CN(CCC(C)(C)C)C[C@@H]3C2)nn1.